The van der Waals surface area contributed by atoms with E-state index in [1.165, 1.54) is 0 Å². The Hall–Kier alpha value is -2.95. The summed E-state index contributed by atoms with van der Waals surface area (Å²) in [5, 5.41) is 5.07. The van der Waals surface area contributed by atoms with Crippen LogP contribution in [0.3, 0.4) is 0 Å². The summed E-state index contributed by atoms with van der Waals surface area (Å²) < 4.78 is 5.42. The second-order valence-corrected chi connectivity index (χ2v) is 5.88. The van der Waals surface area contributed by atoms with Crippen LogP contribution in [0.4, 0.5) is 0 Å². The van der Waals surface area contributed by atoms with Crippen LogP contribution in [0.2, 0.25) is 0 Å². The predicted octanol–water partition coefficient (Wildman–Crippen LogP) is 4.15. The SMILES string of the molecule is O=C(NN=C1CCCC1)c1cc(-c2ccco2)nc2ccccc12. The Morgan fingerprint density at radius 1 is 1.12 bits per heavy atom. The van der Waals surface area contributed by atoms with Crippen molar-refractivity contribution in [1.82, 2.24) is 10.4 Å². The van der Waals surface area contributed by atoms with Crippen molar-refractivity contribution >= 4 is 22.5 Å². The molecule has 1 saturated carbocycles. The number of hydrogen-bond donors (Lipinski definition) is 1. The number of aromatic nitrogens is 1. The van der Waals surface area contributed by atoms with E-state index in [1.807, 2.05) is 30.3 Å². The molecule has 5 nitrogen and oxygen atoms in total. The number of nitrogens with zero attached hydrogens (tertiary/aromatic N) is 2. The molecule has 1 amide bonds. The van der Waals surface area contributed by atoms with Gasteiger partial charge in [0.15, 0.2) is 5.76 Å². The number of fused-ring (bicyclic) bond motifs is 1. The molecule has 4 rings (SSSR count). The van der Waals surface area contributed by atoms with Gasteiger partial charge in [-0.05, 0) is 49.9 Å². The van der Waals surface area contributed by atoms with Gasteiger partial charge >= 0.3 is 0 Å². The number of carbonyl (C=O) groups excluding carboxylic acids is 1. The number of rotatable bonds is 3. The van der Waals surface area contributed by atoms with Crippen LogP contribution in [0.25, 0.3) is 22.4 Å². The topological polar surface area (TPSA) is 67.5 Å². The average molecular weight is 319 g/mol. The van der Waals surface area contributed by atoms with Crippen molar-refractivity contribution < 1.29 is 9.21 Å². The Labute approximate surface area is 139 Å². The Morgan fingerprint density at radius 3 is 2.75 bits per heavy atom. The maximum absolute atomic E-state index is 12.7. The van der Waals surface area contributed by atoms with Gasteiger partial charge in [0.1, 0.15) is 5.69 Å². The van der Waals surface area contributed by atoms with Crippen LogP contribution in [0.15, 0.2) is 58.2 Å². The standard InChI is InChI=1S/C19H17N3O2/c23-19(22-21-13-6-1-2-7-13)15-12-17(18-10-5-11-24-18)20-16-9-4-3-8-14(15)16/h3-5,8-12H,1-2,6-7H2,(H,22,23). The van der Waals surface area contributed by atoms with Crippen LogP contribution in [0, 0.1) is 0 Å². The van der Waals surface area contributed by atoms with Gasteiger partial charge in [0.25, 0.3) is 5.91 Å². The monoisotopic (exact) mass is 319 g/mol. The lowest BCUT2D eigenvalue weighted by Gasteiger charge is -2.08. The number of hydrogen-bond acceptors (Lipinski definition) is 4. The van der Waals surface area contributed by atoms with Crippen LogP contribution >= 0.6 is 0 Å². The lowest BCUT2D eigenvalue weighted by molar-refractivity contribution is 0.0956. The smallest absolute Gasteiger partial charge is 0.272 e. The Bertz CT molecular complexity index is 906. The zero-order chi connectivity index (χ0) is 16.4. The molecule has 0 unspecified atom stereocenters. The lowest BCUT2D eigenvalue weighted by atomic mass is 10.1. The second kappa shape index (κ2) is 6.28. The van der Waals surface area contributed by atoms with E-state index in [-0.39, 0.29) is 5.91 Å². The van der Waals surface area contributed by atoms with Crippen molar-refractivity contribution in [3.63, 3.8) is 0 Å². The Balaban J connectivity index is 1.75. The zero-order valence-corrected chi connectivity index (χ0v) is 13.2. The summed E-state index contributed by atoms with van der Waals surface area (Å²) in [5.74, 6) is 0.415. The first kappa shape index (κ1) is 14.6. The summed E-state index contributed by atoms with van der Waals surface area (Å²) >= 11 is 0. The molecule has 3 aromatic rings. The van der Waals surface area contributed by atoms with E-state index in [4.69, 9.17) is 4.42 Å². The number of amides is 1. The average Bonchev–Trinajstić information content (AvgIpc) is 3.32. The van der Waals surface area contributed by atoms with Crippen molar-refractivity contribution in [3.8, 4) is 11.5 Å². The fraction of sp³-hybridized carbons (Fsp3) is 0.211. The van der Waals surface area contributed by atoms with E-state index in [1.54, 1.807) is 18.4 Å². The minimum atomic E-state index is -0.221. The molecule has 1 aliphatic carbocycles. The molecule has 1 fully saturated rings. The molecule has 0 aliphatic heterocycles. The van der Waals surface area contributed by atoms with Gasteiger partial charge in [-0.2, -0.15) is 5.10 Å². The number of carbonyl (C=O) groups is 1. The van der Waals surface area contributed by atoms with Gasteiger partial charge in [0.2, 0.25) is 0 Å². The van der Waals surface area contributed by atoms with Gasteiger partial charge < -0.3 is 4.42 Å². The highest BCUT2D eigenvalue weighted by atomic mass is 16.3. The van der Waals surface area contributed by atoms with Crippen molar-refractivity contribution in [2.75, 3.05) is 0 Å². The molecule has 0 saturated heterocycles. The predicted molar refractivity (Wildman–Crippen MR) is 92.8 cm³/mol. The molecule has 2 heterocycles. The zero-order valence-electron chi connectivity index (χ0n) is 13.2. The number of nitrogens with one attached hydrogen (secondary N) is 1. The number of para-hydroxylation sites is 1. The van der Waals surface area contributed by atoms with Gasteiger partial charge in [0.05, 0.1) is 17.3 Å². The summed E-state index contributed by atoms with van der Waals surface area (Å²) in [6, 6.07) is 13.0. The molecule has 120 valence electrons. The number of benzene rings is 1. The Morgan fingerprint density at radius 2 is 1.96 bits per heavy atom. The quantitative estimate of drug-likeness (QED) is 0.737. The molecule has 0 spiro atoms. The third-order valence-corrected chi connectivity index (χ3v) is 4.23. The van der Waals surface area contributed by atoms with Gasteiger partial charge in [-0.15, -0.1) is 0 Å². The summed E-state index contributed by atoms with van der Waals surface area (Å²) in [6.45, 7) is 0. The molecule has 2 aromatic heterocycles. The van der Waals surface area contributed by atoms with Crippen molar-refractivity contribution in [1.29, 1.82) is 0 Å². The summed E-state index contributed by atoms with van der Waals surface area (Å²) in [6.07, 6.45) is 5.83. The first-order valence-electron chi connectivity index (χ1n) is 8.11. The molecule has 5 heteroatoms. The van der Waals surface area contributed by atoms with E-state index in [9.17, 15) is 4.79 Å². The van der Waals surface area contributed by atoms with Crippen molar-refractivity contribution in [3.05, 3.63) is 54.3 Å². The van der Waals surface area contributed by atoms with Gasteiger partial charge in [-0.1, -0.05) is 18.2 Å². The largest absolute Gasteiger partial charge is 0.463 e. The van der Waals surface area contributed by atoms with Crippen molar-refractivity contribution in [2.24, 2.45) is 5.10 Å². The molecule has 0 radical (unpaired) electrons. The molecule has 1 aromatic carbocycles. The molecule has 1 N–H and O–H groups in total. The van der Waals surface area contributed by atoms with Crippen LogP contribution in [-0.4, -0.2) is 16.6 Å². The minimum Gasteiger partial charge on any atom is -0.463 e. The maximum atomic E-state index is 12.7. The van der Waals surface area contributed by atoms with E-state index in [0.717, 1.165) is 42.3 Å². The third kappa shape index (κ3) is 2.80. The lowest BCUT2D eigenvalue weighted by Crippen LogP contribution is -2.19. The van der Waals surface area contributed by atoms with Crippen LogP contribution < -0.4 is 5.43 Å². The minimum absolute atomic E-state index is 0.221. The van der Waals surface area contributed by atoms with E-state index in [0.29, 0.717) is 17.0 Å². The van der Waals surface area contributed by atoms with Gasteiger partial charge in [0, 0.05) is 11.1 Å². The second-order valence-electron chi connectivity index (χ2n) is 5.88. The summed E-state index contributed by atoms with van der Waals surface area (Å²) in [7, 11) is 0. The molecule has 1 aliphatic rings. The van der Waals surface area contributed by atoms with E-state index in [2.05, 4.69) is 15.5 Å². The Kier molecular flexibility index (Phi) is 3.83. The van der Waals surface area contributed by atoms with Crippen LogP contribution in [0.5, 0.6) is 0 Å². The van der Waals surface area contributed by atoms with Gasteiger partial charge in [-0.3, -0.25) is 4.79 Å². The fourth-order valence-corrected chi connectivity index (χ4v) is 3.00. The summed E-state index contributed by atoms with van der Waals surface area (Å²) in [5.41, 5.74) is 5.70. The molecule has 0 bridgehead atoms. The van der Waals surface area contributed by atoms with Crippen molar-refractivity contribution in [2.45, 2.75) is 25.7 Å². The van der Waals surface area contributed by atoms with Crippen LogP contribution in [0.1, 0.15) is 36.0 Å². The molecule has 0 atom stereocenters. The number of furan rings is 1. The highest BCUT2D eigenvalue weighted by Crippen LogP contribution is 2.25. The fourth-order valence-electron chi connectivity index (χ4n) is 3.00. The van der Waals surface area contributed by atoms with E-state index < -0.39 is 0 Å². The first-order chi connectivity index (χ1) is 11.8. The molecular weight excluding hydrogens is 302 g/mol. The van der Waals surface area contributed by atoms with Gasteiger partial charge in [-0.25, -0.2) is 10.4 Å². The third-order valence-electron chi connectivity index (χ3n) is 4.23. The van der Waals surface area contributed by atoms with Crippen LogP contribution in [-0.2, 0) is 0 Å². The normalized spacial score (nSPS) is 14.1. The summed E-state index contributed by atoms with van der Waals surface area (Å²) in [4.78, 5) is 17.2. The number of hydrazone groups is 1. The maximum Gasteiger partial charge on any atom is 0.272 e. The van der Waals surface area contributed by atoms with E-state index >= 15 is 0 Å². The highest BCUT2D eigenvalue weighted by Gasteiger charge is 2.15. The number of pyridine rings is 1. The molecule has 24 heavy (non-hydrogen) atoms. The molecular formula is C19H17N3O2. The first-order valence-corrected chi connectivity index (χ1v) is 8.11. The highest BCUT2D eigenvalue weighted by molar-refractivity contribution is 6.07.